The predicted molar refractivity (Wildman–Crippen MR) is 68.2 cm³/mol. The van der Waals surface area contributed by atoms with E-state index in [2.05, 4.69) is 0 Å². The third-order valence-corrected chi connectivity index (χ3v) is 3.28. The van der Waals surface area contributed by atoms with Crippen molar-refractivity contribution >= 4 is 0 Å². The minimum Gasteiger partial charge on any atom is -0.399 e. The van der Waals surface area contributed by atoms with E-state index in [-0.39, 0.29) is 12.0 Å². The van der Waals surface area contributed by atoms with Gasteiger partial charge in [0.05, 0.1) is 5.54 Å². The van der Waals surface area contributed by atoms with Crippen molar-refractivity contribution in [2.75, 3.05) is 0 Å². The van der Waals surface area contributed by atoms with E-state index in [0.29, 0.717) is 5.70 Å². The van der Waals surface area contributed by atoms with Crippen LogP contribution >= 0.6 is 0 Å². The first-order valence-electron chi connectivity index (χ1n) is 5.88. The molecule has 2 nitrogen and oxygen atoms in total. The van der Waals surface area contributed by atoms with Crippen molar-refractivity contribution in [2.24, 2.45) is 11.5 Å². The summed E-state index contributed by atoms with van der Waals surface area (Å²) in [5.74, 6) is -1.75. The zero-order valence-electron chi connectivity index (χ0n) is 10.2. The Kier molecular flexibility index (Phi) is 3.41. The summed E-state index contributed by atoms with van der Waals surface area (Å²) in [6.45, 7) is 0. The van der Waals surface area contributed by atoms with Gasteiger partial charge in [-0.1, -0.05) is 42.5 Å². The molecule has 0 radical (unpaired) electrons. The first kappa shape index (κ1) is 13.7. The molecule has 5 heteroatoms. The topological polar surface area (TPSA) is 52.0 Å². The van der Waals surface area contributed by atoms with Crippen LogP contribution in [0.3, 0.4) is 0 Å². The standard InChI is InChI=1S/C14H15F3N2/c15-14(16,17)12(10-4-2-1-3-5-10)13(19)8-6-11(18)7-9-13/h1-8,12H,9,18-19H2. The first-order valence-corrected chi connectivity index (χ1v) is 5.88. The molecule has 19 heavy (non-hydrogen) atoms. The van der Waals surface area contributed by atoms with Crippen LogP contribution in [0.1, 0.15) is 17.9 Å². The molecule has 0 aromatic heterocycles. The Bertz CT molecular complexity index is 505. The Hall–Kier alpha value is -1.75. The molecule has 0 bridgehead atoms. The second-order valence-corrected chi connectivity index (χ2v) is 4.74. The highest BCUT2D eigenvalue weighted by molar-refractivity contribution is 5.35. The molecule has 2 rings (SSSR count). The van der Waals surface area contributed by atoms with Crippen LogP contribution in [0, 0.1) is 0 Å². The van der Waals surface area contributed by atoms with Gasteiger partial charge < -0.3 is 11.5 Å². The van der Waals surface area contributed by atoms with Crippen LogP contribution < -0.4 is 11.5 Å². The van der Waals surface area contributed by atoms with Crippen LogP contribution in [0.5, 0.6) is 0 Å². The fourth-order valence-corrected chi connectivity index (χ4v) is 2.35. The van der Waals surface area contributed by atoms with Gasteiger partial charge in [0.1, 0.15) is 5.92 Å². The summed E-state index contributed by atoms with van der Waals surface area (Å²) in [5.41, 5.74) is 10.6. The van der Waals surface area contributed by atoms with E-state index in [1.807, 2.05) is 0 Å². The van der Waals surface area contributed by atoms with Gasteiger partial charge in [-0.3, -0.25) is 0 Å². The summed E-state index contributed by atoms with van der Waals surface area (Å²) in [5, 5.41) is 0. The monoisotopic (exact) mass is 268 g/mol. The van der Waals surface area contributed by atoms with Gasteiger partial charge >= 0.3 is 6.18 Å². The zero-order chi connectivity index (χ0) is 14.1. The molecule has 102 valence electrons. The van der Waals surface area contributed by atoms with Crippen LogP contribution in [-0.2, 0) is 0 Å². The first-order chi connectivity index (χ1) is 8.83. The lowest BCUT2D eigenvalue weighted by atomic mass is 9.75. The highest BCUT2D eigenvalue weighted by atomic mass is 19.4. The average Bonchev–Trinajstić information content (AvgIpc) is 2.33. The summed E-state index contributed by atoms with van der Waals surface area (Å²) in [6, 6.07) is 7.72. The van der Waals surface area contributed by atoms with Gasteiger partial charge in [0.2, 0.25) is 0 Å². The van der Waals surface area contributed by atoms with Crippen LogP contribution in [0.15, 0.2) is 54.3 Å². The lowest BCUT2D eigenvalue weighted by Gasteiger charge is -2.37. The van der Waals surface area contributed by atoms with E-state index < -0.39 is 17.6 Å². The zero-order valence-corrected chi connectivity index (χ0v) is 10.2. The van der Waals surface area contributed by atoms with E-state index in [4.69, 9.17) is 11.5 Å². The molecule has 0 saturated carbocycles. The maximum Gasteiger partial charge on any atom is 0.397 e. The molecule has 0 aliphatic heterocycles. The largest absolute Gasteiger partial charge is 0.399 e. The van der Waals surface area contributed by atoms with Crippen molar-refractivity contribution in [3.8, 4) is 0 Å². The molecule has 2 atom stereocenters. The second-order valence-electron chi connectivity index (χ2n) is 4.74. The predicted octanol–water partition coefficient (Wildman–Crippen LogP) is 2.83. The Morgan fingerprint density at radius 3 is 2.26 bits per heavy atom. The van der Waals surface area contributed by atoms with Gasteiger partial charge in [-0.25, -0.2) is 0 Å². The van der Waals surface area contributed by atoms with Crippen molar-refractivity contribution < 1.29 is 13.2 Å². The number of halogens is 3. The lowest BCUT2D eigenvalue weighted by molar-refractivity contribution is -0.161. The van der Waals surface area contributed by atoms with Crippen LogP contribution in [0.2, 0.25) is 0 Å². The molecule has 0 saturated heterocycles. The molecule has 0 heterocycles. The summed E-state index contributed by atoms with van der Waals surface area (Å²) in [7, 11) is 0. The number of allylic oxidation sites excluding steroid dienone is 1. The Labute approximate surface area is 109 Å². The van der Waals surface area contributed by atoms with E-state index in [1.165, 1.54) is 30.4 Å². The summed E-state index contributed by atoms with van der Waals surface area (Å²) < 4.78 is 40.1. The third kappa shape index (κ3) is 2.81. The summed E-state index contributed by atoms with van der Waals surface area (Å²) >= 11 is 0. The molecule has 1 aromatic rings. The minimum absolute atomic E-state index is 0.0639. The van der Waals surface area contributed by atoms with Gasteiger partial charge in [0, 0.05) is 5.70 Å². The molecule has 0 fully saturated rings. The van der Waals surface area contributed by atoms with Crippen molar-refractivity contribution in [3.63, 3.8) is 0 Å². The van der Waals surface area contributed by atoms with Gasteiger partial charge in [0.25, 0.3) is 0 Å². The molecule has 4 N–H and O–H groups in total. The van der Waals surface area contributed by atoms with Crippen molar-refractivity contribution in [1.82, 2.24) is 0 Å². The maximum absolute atomic E-state index is 13.4. The van der Waals surface area contributed by atoms with Crippen molar-refractivity contribution in [3.05, 3.63) is 59.8 Å². The molecule has 0 amide bonds. The summed E-state index contributed by atoms with van der Waals surface area (Å²) in [6.07, 6.45) is -0.0326. The molecule has 2 unspecified atom stereocenters. The van der Waals surface area contributed by atoms with E-state index in [0.717, 1.165) is 0 Å². The number of rotatable bonds is 2. The Morgan fingerprint density at radius 1 is 1.16 bits per heavy atom. The summed E-state index contributed by atoms with van der Waals surface area (Å²) in [4.78, 5) is 0. The molecule has 1 aliphatic carbocycles. The van der Waals surface area contributed by atoms with Crippen LogP contribution in [0.25, 0.3) is 0 Å². The van der Waals surface area contributed by atoms with E-state index in [1.54, 1.807) is 18.2 Å². The average molecular weight is 268 g/mol. The number of hydrogen-bond donors (Lipinski definition) is 2. The van der Waals surface area contributed by atoms with E-state index in [9.17, 15) is 13.2 Å². The number of hydrogen-bond acceptors (Lipinski definition) is 2. The molecular weight excluding hydrogens is 253 g/mol. The maximum atomic E-state index is 13.4. The fourth-order valence-electron chi connectivity index (χ4n) is 2.35. The molecular formula is C14H15F3N2. The fraction of sp³-hybridized carbons (Fsp3) is 0.286. The van der Waals surface area contributed by atoms with Gasteiger partial charge in [0.15, 0.2) is 0 Å². The third-order valence-electron chi connectivity index (χ3n) is 3.28. The van der Waals surface area contributed by atoms with Crippen LogP contribution in [-0.4, -0.2) is 11.7 Å². The molecule has 0 spiro atoms. The van der Waals surface area contributed by atoms with Gasteiger partial charge in [-0.2, -0.15) is 13.2 Å². The highest BCUT2D eigenvalue weighted by Crippen LogP contribution is 2.44. The van der Waals surface area contributed by atoms with Gasteiger partial charge in [-0.05, 0) is 18.1 Å². The highest BCUT2D eigenvalue weighted by Gasteiger charge is 2.51. The molecule has 1 aliphatic rings. The second kappa shape index (κ2) is 4.74. The normalized spacial score (nSPS) is 24.9. The minimum atomic E-state index is -4.42. The number of alkyl halides is 3. The SMILES string of the molecule is NC1=CCC(N)(C(c2ccccc2)C(F)(F)F)C=C1. The molecule has 1 aromatic carbocycles. The lowest BCUT2D eigenvalue weighted by Crippen LogP contribution is -2.50. The van der Waals surface area contributed by atoms with E-state index >= 15 is 0 Å². The Morgan fingerprint density at radius 2 is 1.79 bits per heavy atom. The van der Waals surface area contributed by atoms with Crippen molar-refractivity contribution in [2.45, 2.75) is 24.1 Å². The quantitative estimate of drug-likeness (QED) is 0.866. The smallest absolute Gasteiger partial charge is 0.397 e. The number of benzene rings is 1. The van der Waals surface area contributed by atoms with Gasteiger partial charge in [-0.15, -0.1) is 0 Å². The van der Waals surface area contributed by atoms with Crippen molar-refractivity contribution in [1.29, 1.82) is 0 Å². The van der Waals surface area contributed by atoms with Crippen LogP contribution in [0.4, 0.5) is 13.2 Å². The number of nitrogens with two attached hydrogens (primary N) is 2. The Balaban J connectivity index is 2.44.